The summed E-state index contributed by atoms with van der Waals surface area (Å²) in [5.41, 5.74) is 0. The third-order valence-electron chi connectivity index (χ3n) is 5.08. The van der Waals surface area contributed by atoms with Crippen molar-refractivity contribution in [2.75, 3.05) is 12.9 Å². The molecule has 1 aliphatic rings. The van der Waals surface area contributed by atoms with Gasteiger partial charge in [0.1, 0.15) is 0 Å². The lowest BCUT2D eigenvalue weighted by molar-refractivity contribution is -0.154. The molecule has 0 aromatic carbocycles. The quantitative estimate of drug-likeness (QED) is 0.333. The molecular weight excluding hydrogens is 314 g/mol. The predicted molar refractivity (Wildman–Crippen MR) is 96.2 cm³/mol. The standard InChI is InChI=1S/C16H31NO3SSi/c1-9-12(10-18)14-13(15(19)17(14)21-6)11(2)20-22(7,8)16(3,4)5/h9,11-14,18H,1,10H2,2-8H3/t11-,12+,13-,14-/m1/s1. The maximum Gasteiger partial charge on any atom is 0.240 e. The van der Waals surface area contributed by atoms with E-state index in [0.717, 1.165) is 0 Å². The van der Waals surface area contributed by atoms with Crippen molar-refractivity contribution in [2.45, 2.75) is 58.0 Å². The lowest BCUT2D eigenvalue weighted by Gasteiger charge is -2.52. The Bertz CT molecular complexity index is 416. The van der Waals surface area contributed by atoms with E-state index in [2.05, 4.69) is 40.4 Å². The molecule has 1 amide bonds. The Balaban J connectivity index is 2.93. The minimum atomic E-state index is -1.93. The molecule has 4 atom stereocenters. The Morgan fingerprint density at radius 3 is 2.41 bits per heavy atom. The molecule has 1 rings (SSSR count). The summed E-state index contributed by atoms with van der Waals surface area (Å²) in [6.07, 6.45) is 3.49. The van der Waals surface area contributed by atoms with Crippen molar-refractivity contribution < 1.29 is 14.3 Å². The molecule has 6 heteroatoms. The first-order chi connectivity index (χ1) is 10.0. The van der Waals surface area contributed by atoms with Gasteiger partial charge >= 0.3 is 0 Å². The van der Waals surface area contributed by atoms with Crippen molar-refractivity contribution in [3.8, 4) is 0 Å². The van der Waals surface area contributed by atoms with Gasteiger partial charge in [-0.1, -0.05) is 38.8 Å². The second-order valence-electron chi connectivity index (χ2n) is 7.53. The topological polar surface area (TPSA) is 49.8 Å². The van der Waals surface area contributed by atoms with E-state index in [0.29, 0.717) is 0 Å². The summed E-state index contributed by atoms with van der Waals surface area (Å²) in [6.45, 7) is 16.8. The van der Waals surface area contributed by atoms with Crippen LogP contribution in [0.3, 0.4) is 0 Å². The number of hydrogen-bond donors (Lipinski definition) is 1. The summed E-state index contributed by atoms with van der Waals surface area (Å²) in [6, 6.07) is -0.0373. The first kappa shape index (κ1) is 19.7. The molecule has 1 heterocycles. The van der Waals surface area contributed by atoms with Crippen LogP contribution in [0, 0.1) is 11.8 Å². The number of nitrogens with zero attached hydrogens (tertiary/aromatic N) is 1. The van der Waals surface area contributed by atoms with Crippen molar-refractivity contribution in [3.05, 3.63) is 12.7 Å². The number of amides is 1. The Kier molecular flexibility index (Phi) is 6.35. The third-order valence-corrected chi connectivity index (χ3v) is 10.5. The molecule has 1 aliphatic heterocycles. The monoisotopic (exact) mass is 345 g/mol. The number of carbonyl (C=O) groups is 1. The molecule has 0 spiro atoms. The van der Waals surface area contributed by atoms with Crippen molar-refractivity contribution in [2.24, 2.45) is 11.8 Å². The van der Waals surface area contributed by atoms with E-state index in [1.54, 1.807) is 10.4 Å². The van der Waals surface area contributed by atoms with Gasteiger partial charge in [-0.3, -0.25) is 9.10 Å². The van der Waals surface area contributed by atoms with Crippen molar-refractivity contribution in [1.29, 1.82) is 0 Å². The molecule has 1 saturated heterocycles. The normalized spacial score (nSPS) is 25.6. The van der Waals surface area contributed by atoms with Crippen LogP contribution in [0.25, 0.3) is 0 Å². The Morgan fingerprint density at radius 2 is 2.05 bits per heavy atom. The van der Waals surface area contributed by atoms with Crippen LogP contribution in [-0.4, -0.2) is 48.6 Å². The molecule has 0 aliphatic carbocycles. The Hall–Kier alpha value is -0.303. The van der Waals surface area contributed by atoms with Gasteiger partial charge in [-0.2, -0.15) is 0 Å². The van der Waals surface area contributed by atoms with Crippen LogP contribution in [0.2, 0.25) is 18.1 Å². The minimum Gasteiger partial charge on any atom is -0.413 e. The summed E-state index contributed by atoms with van der Waals surface area (Å²) in [5, 5.41) is 9.68. The smallest absolute Gasteiger partial charge is 0.240 e. The Labute approximate surface area is 140 Å². The summed E-state index contributed by atoms with van der Waals surface area (Å²) in [7, 11) is -1.93. The molecule has 0 bridgehead atoms. The van der Waals surface area contributed by atoms with E-state index < -0.39 is 8.32 Å². The van der Waals surface area contributed by atoms with Gasteiger partial charge in [0.2, 0.25) is 5.91 Å². The van der Waals surface area contributed by atoms with Gasteiger partial charge in [0, 0.05) is 12.2 Å². The van der Waals surface area contributed by atoms with E-state index in [-0.39, 0.29) is 41.5 Å². The lowest BCUT2D eigenvalue weighted by Crippen LogP contribution is -2.65. The van der Waals surface area contributed by atoms with Gasteiger partial charge in [0.05, 0.1) is 24.7 Å². The number of rotatable bonds is 7. The van der Waals surface area contributed by atoms with Crippen molar-refractivity contribution in [3.63, 3.8) is 0 Å². The number of aliphatic hydroxyl groups is 1. The fraction of sp³-hybridized carbons (Fsp3) is 0.812. The summed E-state index contributed by atoms with van der Waals surface area (Å²) in [5.74, 6) is -0.207. The second kappa shape index (κ2) is 7.07. The van der Waals surface area contributed by atoms with Gasteiger partial charge in [-0.15, -0.1) is 6.58 Å². The zero-order valence-electron chi connectivity index (χ0n) is 14.9. The molecule has 22 heavy (non-hydrogen) atoms. The fourth-order valence-corrected chi connectivity index (χ4v) is 4.93. The summed E-state index contributed by atoms with van der Waals surface area (Å²) in [4.78, 5) is 12.4. The van der Waals surface area contributed by atoms with Crippen LogP contribution in [0.5, 0.6) is 0 Å². The van der Waals surface area contributed by atoms with Crippen LogP contribution in [0.4, 0.5) is 0 Å². The predicted octanol–water partition coefficient (Wildman–Crippen LogP) is 3.30. The van der Waals surface area contributed by atoms with E-state index >= 15 is 0 Å². The van der Waals surface area contributed by atoms with Crippen molar-refractivity contribution >= 4 is 26.2 Å². The molecule has 0 saturated carbocycles. The third kappa shape index (κ3) is 3.61. The van der Waals surface area contributed by atoms with Gasteiger partial charge in [-0.05, 0) is 25.1 Å². The zero-order valence-corrected chi connectivity index (χ0v) is 16.7. The fourth-order valence-electron chi connectivity index (χ4n) is 2.67. The molecular formula is C16H31NO3SSi. The SMILES string of the molecule is C=C[C@@H](CO)[C@@H]1[C@@H]([C@@H](C)O[Si](C)(C)C(C)(C)C)C(=O)N1SC. The summed E-state index contributed by atoms with van der Waals surface area (Å²) >= 11 is 1.41. The summed E-state index contributed by atoms with van der Waals surface area (Å²) < 4.78 is 8.15. The first-order valence-electron chi connectivity index (χ1n) is 7.80. The van der Waals surface area contributed by atoms with E-state index in [1.165, 1.54) is 11.9 Å². The minimum absolute atomic E-state index is 0.00180. The molecule has 1 N–H and O–H groups in total. The van der Waals surface area contributed by atoms with E-state index in [9.17, 15) is 9.90 Å². The van der Waals surface area contributed by atoms with Crippen LogP contribution >= 0.6 is 11.9 Å². The van der Waals surface area contributed by atoms with Crippen LogP contribution in [0.1, 0.15) is 27.7 Å². The molecule has 0 aromatic rings. The van der Waals surface area contributed by atoms with Crippen LogP contribution in [0.15, 0.2) is 12.7 Å². The molecule has 0 unspecified atom stereocenters. The Morgan fingerprint density at radius 1 is 1.50 bits per heavy atom. The second-order valence-corrected chi connectivity index (χ2v) is 13.0. The highest BCUT2D eigenvalue weighted by molar-refractivity contribution is 7.96. The maximum atomic E-state index is 12.4. The number of aliphatic hydroxyl groups excluding tert-OH is 1. The van der Waals surface area contributed by atoms with Gasteiger partial charge in [0.25, 0.3) is 0 Å². The van der Waals surface area contributed by atoms with E-state index in [4.69, 9.17) is 4.43 Å². The van der Waals surface area contributed by atoms with Crippen LogP contribution in [-0.2, 0) is 9.22 Å². The number of β-lactam (4-membered cyclic amide) rings is 1. The zero-order chi connectivity index (χ0) is 17.3. The molecule has 1 fully saturated rings. The highest BCUT2D eigenvalue weighted by Crippen LogP contribution is 2.43. The van der Waals surface area contributed by atoms with E-state index in [1.807, 2.05) is 13.2 Å². The van der Waals surface area contributed by atoms with Crippen molar-refractivity contribution in [1.82, 2.24) is 4.31 Å². The average molecular weight is 346 g/mol. The highest BCUT2D eigenvalue weighted by Gasteiger charge is 2.54. The van der Waals surface area contributed by atoms with Crippen LogP contribution < -0.4 is 0 Å². The average Bonchev–Trinajstić information content (AvgIpc) is 2.37. The lowest BCUT2D eigenvalue weighted by atomic mass is 9.78. The number of hydrogen-bond acceptors (Lipinski definition) is 4. The van der Waals surface area contributed by atoms with Gasteiger partial charge < -0.3 is 9.53 Å². The highest BCUT2D eigenvalue weighted by atomic mass is 32.2. The molecule has 4 nitrogen and oxygen atoms in total. The first-order valence-corrected chi connectivity index (χ1v) is 11.9. The number of carbonyl (C=O) groups excluding carboxylic acids is 1. The van der Waals surface area contributed by atoms with Gasteiger partial charge in [0.15, 0.2) is 8.32 Å². The van der Waals surface area contributed by atoms with Gasteiger partial charge in [-0.25, -0.2) is 0 Å². The molecule has 0 aromatic heterocycles. The molecule has 128 valence electrons. The largest absolute Gasteiger partial charge is 0.413 e. The molecule has 0 radical (unpaired) electrons. The maximum absolute atomic E-state index is 12.4.